The second-order valence-corrected chi connectivity index (χ2v) is 13.2. The maximum absolute atomic E-state index is 14.6. The molecular weight excluding hydrogens is 551 g/mol. The number of phenolic OH excluding ortho intramolecular Hbond substituents is 1. The SMILES string of the molecule is CCCCCCCCCCCCCCCCN(C)S(=O)(=O)c1ccc(F)c(NC(=O)c2ccc3ccccc3c2O)c1. The number of nitrogens with one attached hydrogen (secondary N) is 1. The molecule has 0 aliphatic rings. The van der Waals surface area contributed by atoms with Crippen molar-refractivity contribution in [3.63, 3.8) is 0 Å². The van der Waals surface area contributed by atoms with Crippen LogP contribution in [0, 0.1) is 5.82 Å². The van der Waals surface area contributed by atoms with Crippen LogP contribution in [0.1, 0.15) is 107 Å². The number of sulfonamides is 1. The van der Waals surface area contributed by atoms with Gasteiger partial charge >= 0.3 is 0 Å². The standard InChI is InChI=1S/C34H47FN2O4S/c1-3-4-5-6-7-8-9-10-11-12-13-14-15-18-25-37(2)42(40,41)28-22-24-31(35)32(26-28)36-34(39)30-23-21-27-19-16-17-20-29(27)33(30)38/h16-17,19-24,26,38H,3-15,18,25H2,1-2H3,(H,36,39). The number of carbonyl (C=O) groups is 1. The molecule has 0 saturated carbocycles. The van der Waals surface area contributed by atoms with Crippen molar-refractivity contribution in [3.8, 4) is 5.75 Å². The van der Waals surface area contributed by atoms with Gasteiger partial charge in [-0.2, -0.15) is 0 Å². The van der Waals surface area contributed by atoms with Gasteiger partial charge in [-0.3, -0.25) is 4.79 Å². The average Bonchev–Trinajstić information content (AvgIpc) is 2.98. The summed E-state index contributed by atoms with van der Waals surface area (Å²) >= 11 is 0. The quantitative estimate of drug-likeness (QED) is 0.135. The molecule has 0 aliphatic carbocycles. The molecule has 3 aromatic rings. The minimum absolute atomic E-state index is 0.0312. The smallest absolute Gasteiger partial charge is 0.259 e. The molecule has 0 bridgehead atoms. The maximum atomic E-state index is 14.6. The van der Waals surface area contributed by atoms with Crippen molar-refractivity contribution in [2.75, 3.05) is 18.9 Å². The molecule has 0 unspecified atom stereocenters. The second-order valence-electron chi connectivity index (χ2n) is 11.2. The van der Waals surface area contributed by atoms with E-state index in [0.717, 1.165) is 36.8 Å². The molecule has 0 aliphatic heterocycles. The summed E-state index contributed by atoms with van der Waals surface area (Å²) in [7, 11) is -2.35. The molecule has 0 saturated heterocycles. The molecule has 1 amide bonds. The highest BCUT2D eigenvalue weighted by atomic mass is 32.2. The number of phenols is 1. The van der Waals surface area contributed by atoms with Crippen LogP contribution in [0.15, 0.2) is 59.5 Å². The van der Waals surface area contributed by atoms with Gasteiger partial charge in [0.1, 0.15) is 11.6 Å². The fourth-order valence-electron chi connectivity index (χ4n) is 5.22. The Labute approximate surface area is 251 Å². The first-order valence-corrected chi connectivity index (χ1v) is 17.0. The summed E-state index contributed by atoms with van der Waals surface area (Å²) in [4.78, 5) is 12.8. The molecule has 42 heavy (non-hydrogen) atoms. The molecule has 3 rings (SSSR count). The van der Waals surface area contributed by atoms with Gasteiger partial charge in [0, 0.05) is 19.0 Å². The van der Waals surface area contributed by atoms with Gasteiger partial charge in [0.2, 0.25) is 10.0 Å². The lowest BCUT2D eigenvalue weighted by molar-refractivity contribution is 0.102. The van der Waals surface area contributed by atoms with Gasteiger partial charge in [-0.05, 0) is 36.1 Å². The number of benzene rings is 3. The maximum Gasteiger partial charge on any atom is 0.259 e. The first kappa shape index (κ1) is 33.5. The van der Waals surface area contributed by atoms with E-state index in [1.807, 2.05) is 6.07 Å². The number of anilines is 1. The lowest BCUT2D eigenvalue weighted by Gasteiger charge is -2.18. The van der Waals surface area contributed by atoms with Gasteiger partial charge in [0.05, 0.1) is 16.1 Å². The minimum atomic E-state index is -3.87. The van der Waals surface area contributed by atoms with E-state index in [0.29, 0.717) is 11.9 Å². The van der Waals surface area contributed by atoms with Gasteiger partial charge in [-0.25, -0.2) is 17.1 Å². The molecule has 230 valence electrons. The fourth-order valence-corrected chi connectivity index (χ4v) is 6.45. The Morgan fingerprint density at radius 1 is 0.810 bits per heavy atom. The summed E-state index contributed by atoms with van der Waals surface area (Å²) in [5, 5.41) is 14.3. The zero-order valence-corrected chi connectivity index (χ0v) is 26.0. The van der Waals surface area contributed by atoms with Gasteiger partial charge in [-0.15, -0.1) is 0 Å². The van der Waals surface area contributed by atoms with Crippen molar-refractivity contribution < 1.29 is 22.7 Å². The number of hydrogen-bond donors (Lipinski definition) is 2. The molecule has 8 heteroatoms. The summed E-state index contributed by atoms with van der Waals surface area (Å²) in [6, 6.07) is 13.6. The fraction of sp³-hybridized carbons (Fsp3) is 0.500. The van der Waals surface area contributed by atoms with Gasteiger partial charge in [0.15, 0.2) is 0 Å². The van der Waals surface area contributed by atoms with E-state index in [-0.39, 0.29) is 21.9 Å². The predicted octanol–water partition coefficient (Wildman–Crippen LogP) is 9.04. The Hall–Kier alpha value is -2.97. The third kappa shape index (κ3) is 9.80. The second kappa shape index (κ2) is 17.2. The van der Waals surface area contributed by atoms with Crippen molar-refractivity contribution in [2.45, 2.75) is 102 Å². The predicted molar refractivity (Wildman–Crippen MR) is 170 cm³/mol. The first-order valence-electron chi connectivity index (χ1n) is 15.5. The van der Waals surface area contributed by atoms with Crippen molar-refractivity contribution >= 4 is 32.4 Å². The van der Waals surface area contributed by atoms with Crippen molar-refractivity contribution in [1.82, 2.24) is 4.31 Å². The van der Waals surface area contributed by atoms with Crippen LogP contribution in [0.3, 0.4) is 0 Å². The van der Waals surface area contributed by atoms with Crippen LogP contribution in [0.25, 0.3) is 10.8 Å². The Bertz CT molecular complexity index is 1390. The highest BCUT2D eigenvalue weighted by molar-refractivity contribution is 7.89. The van der Waals surface area contributed by atoms with E-state index >= 15 is 0 Å². The van der Waals surface area contributed by atoms with Crippen LogP contribution in [-0.4, -0.2) is 37.3 Å². The van der Waals surface area contributed by atoms with Crippen molar-refractivity contribution in [2.24, 2.45) is 0 Å². The molecule has 0 atom stereocenters. The van der Waals surface area contributed by atoms with E-state index in [1.54, 1.807) is 24.3 Å². The molecule has 6 nitrogen and oxygen atoms in total. The summed E-state index contributed by atoms with van der Waals surface area (Å²) in [5.41, 5.74) is -0.296. The molecule has 2 N–H and O–H groups in total. The molecule has 0 spiro atoms. The van der Waals surface area contributed by atoms with Crippen LogP contribution in [0.4, 0.5) is 10.1 Å². The van der Waals surface area contributed by atoms with Crippen LogP contribution in [0.5, 0.6) is 5.75 Å². The zero-order chi connectivity index (χ0) is 30.4. The molecular formula is C34H47FN2O4S. The third-order valence-electron chi connectivity index (χ3n) is 7.87. The van der Waals surface area contributed by atoms with Crippen LogP contribution in [0.2, 0.25) is 0 Å². The number of unbranched alkanes of at least 4 members (excludes halogenated alkanes) is 13. The lowest BCUT2D eigenvalue weighted by atomic mass is 10.0. The number of rotatable bonds is 19. The topological polar surface area (TPSA) is 86.7 Å². The molecule has 0 heterocycles. The van der Waals surface area contributed by atoms with Crippen LogP contribution >= 0.6 is 0 Å². The number of carbonyl (C=O) groups excluding carboxylic acids is 1. The Morgan fingerprint density at radius 2 is 1.38 bits per heavy atom. The van der Waals surface area contributed by atoms with E-state index in [1.165, 1.54) is 94.1 Å². The number of amides is 1. The van der Waals surface area contributed by atoms with Crippen LogP contribution < -0.4 is 5.32 Å². The minimum Gasteiger partial charge on any atom is -0.506 e. The number of nitrogens with zero attached hydrogens (tertiary/aromatic N) is 1. The summed E-state index contributed by atoms with van der Waals surface area (Å²) in [6.07, 6.45) is 17.2. The summed E-state index contributed by atoms with van der Waals surface area (Å²) in [6.45, 7) is 2.61. The van der Waals surface area contributed by atoms with E-state index in [2.05, 4.69) is 12.2 Å². The molecule has 0 radical (unpaired) electrons. The zero-order valence-electron chi connectivity index (χ0n) is 25.2. The van der Waals surface area contributed by atoms with Gasteiger partial charge in [0.25, 0.3) is 5.91 Å². The Kier molecular flexibility index (Phi) is 13.7. The van der Waals surface area contributed by atoms with Gasteiger partial charge in [-0.1, -0.05) is 121 Å². The molecule has 3 aromatic carbocycles. The van der Waals surface area contributed by atoms with E-state index in [4.69, 9.17) is 0 Å². The highest BCUT2D eigenvalue weighted by Crippen LogP contribution is 2.30. The summed E-state index contributed by atoms with van der Waals surface area (Å²) < 4.78 is 42.2. The Balaban J connectivity index is 1.43. The van der Waals surface area contributed by atoms with E-state index in [9.17, 15) is 22.7 Å². The van der Waals surface area contributed by atoms with Gasteiger partial charge < -0.3 is 10.4 Å². The number of halogens is 1. The number of fused-ring (bicyclic) bond motifs is 1. The monoisotopic (exact) mass is 598 g/mol. The average molecular weight is 599 g/mol. The van der Waals surface area contributed by atoms with Crippen LogP contribution in [-0.2, 0) is 10.0 Å². The first-order chi connectivity index (χ1) is 20.3. The van der Waals surface area contributed by atoms with Crippen molar-refractivity contribution in [1.29, 1.82) is 0 Å². The highest BCUT2D eigenvalue weighted by Gasteiger charge is 2.23. The summed E-state index contributed by atoms with van der Waals surface area (Å²) in [5.74, 6) is -1.72. The number of hydrogen-bond acceptors (Lipinski definition) is 4. The molecule has 0 fully saturated rings. The van der Waals surface area contributed by atoms with E-state index < -0.39 is 21.7 Å². The Morgan fingerprint density at radius 3 is 2.00 bits per heavy atom. The largest absolute Gasteiger partial charge is 0.506 e. The lowest BCUT2D eigenvalue weighted by Crippen LogP contribution is -2.28. The van der Waals surface area contributed by atoms with Crippen molar-refractivity contribution in [3.05, 3.63) is 66.0 Å². The molecule has 0 aromatic heterocycles. The normalized spacial score (nSPS) is 11.8. The number of aromatic hydroxyl groups is 1. The third-order valence-corrected chi connectivity index (χ3v) is 9.72.